The van der Waals surface area contributed by atoms with E-state index in [4.69, 9.17) is 9.47 Å². The highest BCUT2D eigenvalue weighted by atomic mass is 16.5. The molecule has 0 aromatic heterocycles. The fraction of sp³-hybridized carbons (Fsp3) is 0.364. The molecule has 3 rings (SSSR count). The van der Waals surface area contributed by atoms with Crippen LogP contribution in [0.4, 0.5) is 11.4 Å². The molecule has 1 fully saturated rings. The first-order chi connectivity index (χ1) is 14.2. The van der Waals surface area contributed by atoms with Crippen LogP contribution in [-0.2, 0) is 9.53 Å². The SMILES string of the molecule is CCOc1ccccc1NCC(=O)Nc1cccc(C(=O)NCC2CCCO2)c1. The summed E-state index contributed by atoms with van der Waals surface area (Å²) in [7, 11) is 0. The Morgan fingerprint density at radius 2 is 2.03 bits per heavy atom. The van der Waals surface area contributed by atoms with Gasteiger partial charge in [-0.1, -0.05) is 18.2 Å². The van der Waals surface area contributed by atoms with E-state index >= 15 is 0 Å². The molecule has 1 atom stereocenters. The molecule has 0 aliphatic carbocycles. The summed E-state index contributed by atoms with van der Waals surface area (Å²) < 4.78 is 11.1. The van der Waals surface area contributed by atoms with Gasteiger partial charge in [0.15, 0.2) is 0 Å². The van der Waals surface area contributed by atoms with Crippen LogP contribution in [0.25, 0.3) is 0 Å². The molecule has 29 heavy (non-hydrogen) atoms. The lowest BCUT2D eigenvalue weighted by Gasteiger charge is -2.13. The van der Waals surface area contributed by atoms with Crippen molar-refractivity contribution in [3.63, 3.8) is 0 Å². The van der Waals surface area contributed by atoms with Crippen molar-refractivity contribution in [3.05, 3.63) is 54.1 Å². The standard InChI is InChI=1S/C22H27N3O4/c1-2-28-20-11-4-3-10-19(20)23-15-21(26)25-17-8-5-7-16(13-17)22(27)24-14-18-9-6-12-29-18/h3-5,7-8,10-11,13,18,23H,2,6,9,12,14-15H2,1H3,(H,24,27)(H,25,26). The molecule has 0 spiro atoms. The Hall–Kier alpha value is -3.06. The minimum atomic E-state index is -0.215. The van der Waals surface area contributed by atoms with Crippen LogP contribution in [0.3, 0.4) is 0 Å². The maximum atomic E-state index is 12.3. The Morgan fingerprint density at radius 3 is 2.83 bits per heavy atom. The highest BCUT2D eigenvalue weighted by Gasteiger charge is 2.17. The Labute approximate surface area is 170 Å². The molecular weight excluding hydrogens is 370 g/mol. The van der Waals surface area contributed by atoms with Gasteiger partial charge in [-0.05, 0) is 50.1 Å². The minimum absolute atomic E-state index is 0.0829. The fourth-order valence-electron chi connectivity index (χ4n) is 3.13. The first-order valence-corrected chi connectivity index (χ1v) is 9.91. The van der Waals surface area contributed by atoms with E-state index in [2.05, 4.69) is 16.0 Å². The van der Waals surface area contributed by atoms with E-state index < -0.39 is 0 Å². The molecule has 7 heteroatoms. The summed E-state index contributed by atoms with van der Waals surface area (Å²) in [6, 6.07) is 14.3. The average molecular weight is 397 g/mol. The zero-order chi connectivity index (χ0) is 20.5. The summed E-state index contributed by atoms with van der Waals surface area (Å²) in [5.74, 6) is 0.307. The number of benzene rings is 2. The molecule has 0 bridgehead atoms. The van der Waals surface area contributed by atoms with Gasteiger partial charge in [-0.3, -0.25) is 9.59 Å². The molecule has 1 saturated heterocycles. The maximum Gasteiger partial charge on any atom is 0.251 e. The topological polar surface area (TPSA) is 88.7 Å². The normalized spacial score (nSPS) is 15.6. The Kier molecular flexibility index (Phi) is 7.47. The first-order valence-electron chi connectivity index (χ1n) is 9.91. The molecule has 1 aliphatic heterocycles. The second-order valence-corrected chi connectivity index (χ2v) is 6.76. The second-order valence-electron chi connectivity index (χ2n) is 6.76. The van der Waals surface area contributed by atoms with Crippen molar-refractivity contribution >= 4 is 23.2 Å². The van der Waals surface area contributed by atoms with Gasteiger partial charge in [-0.2, -0.15) is 0 Å². The van der Waals surface area contributed by atoms with E-state index in [-0.39, 0.29) is 24.5 Å². The van der Waals surface area contributed by atoms with Crippen molar-refractivity contribution in [2.24, 2.45) is 0 Å². The van der Waals surface area contributed by atoms with Crippen molar-refractivity contribution < 1.29 is 19.1 Å². The molecule has 0 saturated carbocycles. The quantitative estimate of drug-likeness (QED) is 0.605. The minimum Gasteiger partial charge on any atom is -0.492 e. The number of nitrogens with one attached hydrogen (secondary N) is 3. The Balaban J connectivity index is 1.51. The predicted molar refractivity (Wildman–Crippen MR) is 112 cm³/mol. The summed E-state index contributed by atoms with van der Waals surface area (Å²) in [5, 5.41) is 8.77. The highest BCUT2D eigenvalue weighted by Crippen LogP contribution is 2.23. The van der Waals surface area contributed by atoms with Crippen molar-refractivity contribution in [2.45, 2.75) is 25.9 Å². The molecule has 2 amide bonds. The van der Waals surface area contributed by atoms with E-state index in [1.807, 2.05) is 31.2 Å². The highest BCUT2D eigenvalue weighted by molar-refractivity contribution is 5.98. The lowest BCUT2D eigenvalue weighted by atomic mass is 10.1. The molecule has 2 aromatic rings. The number of rotatable bonds is 9. The molecule has 0 radical (unpaired) electrons. The summed E-state index contributed by atoms with van der Waals surface area (Å²) in [6.45, 7) is 3.79. The van der Waals surface area contributed by atoms with E-state index in [1.54, 1.807) is 24.3 Å². The number of hydrogen-bond acceptors (Lipinski definition) is 5. The first kappa shape index (κ1) is 20.7. The maximum absolute atomic E-state index is 12.3. The molecule has 1 heterocycles. The summed E-state index contributed by atoms with van der Waals surface area (Å²) in [4.78, 5) is 24.6. The average Bonchev–Trinajstić information content (AvgIpc) is 3.25. The number of carbonyl (C=O) groups is 2. The van der Waals surface area contributed by atoms with Gasteiger partial charge in [0, 0.05) is 24.4 Å². The smallest absolute Gasteiger partial charge is 0.251 e. The fourth-order valence-corrected chi connectivity index (χ4v) is 3.13. The van der Waals surface area contributed by atoms with Crippen LogP contribution in [-0.4, -0.2) is 44.2 Å². The van der Waals surface area contributed by atoms with Crippen molar-refractivity contribution in [1.29, 1.82) is 0 Å². The molecule has 2 aromatic carbocycles. The number of ether oxygens (including phenoxy) is 2. The van der Waals surface area contributed by atoms with Crippen molar-refractivity contribution in [3.8, 4) is 5.75 Å². The monoisotopic (exact) mass is 397 g/mol. The van der Waals surface area contributed by atoms with Crippen LogP contribution in [0, 0.1) is 0 Å². The van der Waals surface area contributed by atoms with Gasteiger partial charge in [-0.25, -0.2) is 0 Å². The third-order valence-electron chi connectivity index (χ3n) is 4.55. The van der Waals surface area contributed by atoms with Crippen molar-refractivity contribution in [2.75, 3.05) is 36.9 Å². The Bertz CT molecular complexity index is 834. The summed E-state index contributed by atoms with van der Waals surface area (Å²) >= 11 is 0. The van der Waals surface area contributed by atoms with Gasteiger partial charge in [0.2, 0.25) is 5.91 Å². The summed E-state index contributed by atoms with van der Waals surface area (Å²) in [6.07, 6.45) is 2.09. The Morgan fingerprint density at radius 1 is 1.17 bits per heavy atom. The van der Waals surface area contributed by atoms with Gasteiger partial charge >= 0.3 is 0 Å². The molecule has 154 valence electrons. The van der Waals surface area contributed by atoms with Crippen LogP contribution < -0.4 is 20.7 Å². The van der Waals surface area contributed by atoms with E-state index in [0.29, 0.717) is 30.2 Å². The second kappa shape index (κ2) is 10.5. The zero-order valence-corrected chi connectivity index (χ0v) is 16.6. The summed E-state index contributed by atoms with van der Waals surface area (Å²) in [5.41, 5.74) is 1.82. The predicted octanol–water partition coefficient (Wildman–Crippen LogP) is 3.04. The van der Waals surface area contributed by atoms with E-state index in [9.17, 15) is 9.59 Å². The lowest BCUT2D eigenvalue weighted by Crippen LogP contribution is -2.31. The van der Waals surface area contributed by atoms with Gasteiger partial charge < -0.3 is 25.4 Å². The molecule has 7 nitrogen and oxygen atoms in total. The van der Waals surface area contributed by atoms with Crippen LogP contribution >= 0.6 is 0 Å². The largest absolute Gasteiger partial charge is 0.492 e. The molecular formula is C22H27N3O4. The molecule has 1 unspecified atom stereocenters. The van der Waals surface area contributed by atoms with Gasteiger partial charge in [0.25, 0.3) is 5.91 Å². The zero-order valence-electron chi connectivity index (χ0n) is 16.6. The number of carbonyl (C=O) groups excluding carboxylic acids is 2. The van der Waals surface area contributed by atoms with Gasteiger partial charge in [-0.15, -0.1) is 0 Å². The van der Waals surface area contributed by atoms with Crippen LogP contribution in [0.1, 0.15) is 30.1 Å². The van der Waals surface area contributed by atoms with Gasteiger partial charge in [0.05, 0.1) is 24.9 Å². The van der Waals surface area contributed by atoms with Crippen molar-refractivity contribution in [1.82, 2.24) is 5.32 Å². The van der Waals surface area contributed by atoms with Crippen LogP contribution in [0.5, 0.6) is 5.75 Å². The number of para-hydroxylation sites is 2. The number of hydrogen-bond donors (Lipinski definition) is 3. The van der Waals surface area contributed by atoms with Gasteiger partial charge in [0.1, 0.15) is 5.75 Å². The number of anilines is 2. The molecule has 3 N–H and O–H groups in total. The number of amides is 2. The van der Waals surface area contributed by atoms with Crippen LogP contribution in [0.15, 0.2) is 48.5 Å². The third-order valence-corrected chi connectivity index (χ3v) is 4.55. The third kappa shape index (κ3) is 6.22. The molecule has 1 aliphatic rings. The van der Waals surface area contributed by atoms with Crippen LogP contribution in [0.2, 0.25) is 0 Å². The van der Waals surface area contributed by atoms with E-state index in [0.717, 1.165) is 25.1 Å². The lowest BCUT2D eigenvalue weighted by molar-refractivity contribution is -0.114. The van der Waals surface area contributed by atoms with E-state index in [1.165, 1.54) is 0 Å².